The zero-order valence-corrected chi connectivity index (χ0v) is 12.5. The topological polar surface area (TPSA) is 79.5 Å². The summed E-state index contributed by atoms with van der Waals surface area (Å²) < 4.78 is 0. The molecule has 0 fully saturated rings. The van der Waals surface area contributed by atoms with E-state index in [1.165, 1.54) is 0 Å². The van der Waals surface area contributed by atoms with Crippen LogP contribution in [0.1, 0.15) is 5.56 Å². The molecule has 3 rings (SSSR count). The Balaban J connectivity index is 2.00. The summed E-state index contributed by atoms with van der Waals surface area (Å²) in [5.41, 5.74) is 7.74. The number of nitrogens with zero attached hydrogens (tertiary/aromatic N) is 2. The average molecular weight is 307 g/mol. The van der Waals surface area contributed by atoms with Gasteiger partial charge in [-0.05, 0) is 23.8 Å². The van der Waals surface area contributed by atoms with Crippen molar-refractivity contribution in [1.29, 1.82) is 0 Å². The lowest BCUT2D eigenvalue weighted by Crippen LogP contribution is -2.44. The standard InChI is InChI=1S/C18H17N3O2/c19-17(22)18(23)21(12-13-5-2-1-3-6-13)15-9-8-14-7-4-10-20-16(14)11-15/h1-11,18,23H,12H2,(H2,19,22). The lowest BCUT2D eigenvalue weighted by molar-refractivity contribution is -0.126. The molecule has 1 amide bonds. The minimum atomic E-state index is -1.41. The molecule has 0 aliphatic carbocycles. The smallest absolute Gasteiger partial charge is 0.267 e. The molecule has 0 spiro atoms. The second-order valence-corrected chi connectivity index (χ2v) is 5.27. The molecule has 1 heterocycles. The Morgan fingerprint density at radius 1 is 1.13 bits per heavy atom. The van der Waals surface area contributed by atoms with E-state index < -0.39 is 12.1 Å². The van der Waals surface area contributed by atoms with Crippen molar-refractivity contribution in [3.05, 3.63) is 72.4 Å². The third-order valence-electron chi connectivity index (χ3n) is 3.67. The van der Waals surface area contributed by atoms with Crippen molar-refractivity contribution in [1.82, 2.24) is 4.98 Å². The van der Waals surface area contributed by atoms with Crippen LogP contribution >= 0.6 is 0 Å². The van der Waals surface area contributed by atoms with E-state index in [9.17, 15) is 9.90 Å². The molecule has 1 aromatic heterocycles. The number of aliphatic hydroxyl groups excluding tert-OH is 1. The van der Waals surface area contributed by atoms with E-state index in [2.05, 4.69) is 4.98 Å². The molecule has 23 heavy (non-hydrogen) atoms. The number of anilines is 1. The highest BCUT2D eigenvalue weighted by atomic mass is 16.3. The first-order valence-electron chi connectivity index (χ1n) is 7.28. The van der Waals surface area contributed by atoms with Crippen LogP contribution in [0.15, 0.2) is 66.9 Å². The SMILES string of the molecule is NC(=O)C(O)N(Cc1ccccc1)c1ccc2cccnc2c1. The van der Waals surface area contributed by atoms with Crippen LogP contribution < -0.4 is 10.6 Å². The lowest BCUT2D eigenvalue weighted by Gasteiger charge is -2.28. The maximum atomic E-state index is 11.5. The van der Waals surface area contributed by atoms with Crippen LogP contribution in [0.2, 0.25) is 0 Å². The largest absolute Gasteiger partial charge is 0.366 e. The van der Waals surface area contributed by atoms with Crippen molar-refractivity contribution in [3.8, 4) is 0 Å². The third-order valence-corrected chi connectivity index (χ3v) is 3.67. The summed E-state index contributed by atoms with van der Waals surface area (Å²) in [6.07, 6.45) is 0.300. The number of primary amides is 1. The van der Waals surface area contributed by atoms with Gasteiger partial charge >= 0.3 is 0 Å². The molecule has 5 heteroatoms. The monoisotopic (exact) mass is 307 g/mol. The van der Waals surface area contributed by atoms with E-state index >= 15 is 0 Å². The van der Waals surface area contributed by atoms with Crippen molar-refractivity contribution in [3.63, 3.8) is 0 Å². The number of carbonyl (C=O) groups excluding carboxylic acids is 1. The second-order valence-electron chi connectivity index (χ2n) is 5.27. The van der Waals surface area contributed by atoms with E-state index in [1.54, 1.807) is 11.1 Å². The van der Waals surface area contributed by atoms with Crippen molar-refractivity contribution >= 4 is 22.5 Å². The minimum Gasteiger partial charge on any atom is -0.366 e. The molecule has 0 saturated carbocycles. The first-order valence-corrected chi connectivity index (χ1v) is 7.28. The van der Waals surface area contributed by atoms with Gasteiger partial charge in [-0.1, -0.05) is 42.5 Å². The average Bonchev–Trinajstić information content (AvgIpc) is 2.59. The zero-order valence-electron chi connectivity index (χ0n) is 12.5. The molecule has 0 saturated heterocycles. The van der Waals surface area contributed by atoms with Crippen LogP contribution in [-0.4, -0.2) is 22.2 Å². The number of amides is 1. The predicted molar refractivity (Wildman–Crippen MR) is 89.6 cm³/mol. The van der Waals surface area contributed by atoms with Gasteiger partial charge in [0.05, 0.1) is 5.52 Å². The fourth-order valence-electron chi connectivity index (χ4n) is 2.49. The number of hydrogen-bond acceptors (Lipinski definition) is 4. The number of hydrogen-bond donors (Lipinski definition) is 2. The summed E-state index contributed by atoms with van der Waals surface area (Å²) in [5.74, 6) is -0.790. The molecule has 3 aromatic rings. The fraction of sp³-hybridized carbons (Fsp3) is 0.111. The van der Waals surface area contributed by atoms with Crippen LogP contribution in [0.4, 0.5) is 5.69 Å². The Hall–Kier alpha value is -2.92. The lowest BCUT2D eigenvalue weighted by atomic mass is 10.1. The molecule has 0 aliphatic rings. The molecule has 1 unspecified atom stereocenters. The molecular weight excluding hydrogens is 290 g/mol. The molecule has 0 aliphatic heterocycles. The first-order chi connectivity index (χ1) is 11.1. The molecule has 0 radical (unpaired) electrons. The summed E-state index contributed by atoms with van der Waals surface area (Å²) >= 11 is 0. The Labute approximate surface area is 134 Å². The van der Waals surface area contributed by atoms with Gasteiger partial charge in [0, 0.05) is 23.8 Å². The second kappa shape index (κ2) is 6.46. The maximum Gasteiger partial charge on any atom is 0.267 e. The molecule has 0 bridgehead atoms. The highest BCUT2D eigenvalue weighted by Crippen LogP contribution is 2.23. The van der Waals surface area contributed by atoms with Crippen LogP contribution in [0.3, 0.4) is 0 Å². The van der Waals surface area contributed by atoms with E-state index in [1.807, 2.05) is 60.7 Å². The highest BCUT2D eigenvalue weighted by Gasteiger charge is 2.22. The Bertz CT molecular complexity index is 821. The number of benzene rings is 2. The highest BCUT2D eigenvalue weighted by molar-refractivity contribution is 5.85. The summed E-state index contributed by atoms with van der Waals surface area (Å²) in [6, 6.07) is 19.0. The minimum absolute atomic E-state index is 0.364. The predicted octanol–water partition coefficient (Wildman–Crippen LogP) is 2.05. The summed E-state index contributed by atoms with van der Waals surface area (Å²) in [4.78, 5) is 17.4. The molecule has 1 atom stereocenters. The van der Waals surface area contributed by atoms with Gasteiger partial charge in [0.1, 0.15) is 0 Å². The molecule has 2 aromatic carbocycles. The summed E-state index contributed by atoms with van der Waals surface area (Å²) in [5, 5.41) is 11.2. The molecular formula is C18H17N3O2. The van der Waals surface area contributed by atoms with Crippen molar-refractivity contribution in [2.75, 3.05) is 4.90 Å². The van der Waals surface area contributed by atoms with Crippen molar-refractivity contribution in [2.24, 2.45) is 5.73 Å². The van der Waals surface area contributed by atoms with Gasteiger partial charge in [0.25, 0.3) is 5.91 Å². The van der Waals surface area contributed by atoms with Gasteiger partial charge in [-0.15, -0.1) is 0 Å². The number of aromatic nitrogens is 1. The fourth-order valence-corrected chi connectivity index (χ4v) is 2.49. The number of nitrogens with two attached hydrogens (primary N) is 1. The van der Waals surface area contributed by atoms with Crippen LogP contribution in [0.25, 0.3) is 10.9 Å². The summed E-state index contributed by atoms with van der Waals surface area (Å²) in [7, 11) is 0. The van der Waals surface area contributed by atoms with Crippen molar-refractivity contribution < 1.29 is 9.90 Å². The number of rotatable bonds is 5. The molecule has 3 N–H and O–H groups in total. The van der Waals surface area contributed by atoms with Gasteiger partial charge in [0.2, 0.25) is 6.23 Å². The van der Waals surface area contributed by atoms with Crippen LogP contribution in [-0.2, 0) is 11.3 Å². The van der Waals surface area contributed by atoms with E-state index in [-0.39, 0.29) is 0 Å². The number of carbonyl (C=O) groups is 1. The Morgan fingerprint density at radius 3 is 2.65 bits per heavy atom. The number of aliphatic hydroxyl groups is 1. The number of pyridine rings is 1. The van der Waals surface area contributed by atoms with Crippen LogP contribution in [0.5, 0.6) is 0 Å². The van der Waals surface area contributed by atoms with Gasteiger partial charge in [0.15, 0.2) is 0 Å². The molecule has 5 nitrogen and oxygen atoms in total. The van der Waals surface area contributed by atoms with Gasteiger partial charge in [-0.25, -0.2) is 0 Å². The Morgan fingerprint density at radius 2 is 1.91 bits per heavy atom. The molecule has 116 valence electrons. The zero-order chi connectivity index (χ0) is 16.2. The summed E-state index contributed by atoms with van der Waals surface area (Å²) in [6.45, 7) is 0.364. The van der Waals surface area contributed by atoms with E-state index in [0.29, 0.717) is 12.2 Å². The van der Waals surface area contributed by atoms with E-state index in [0.717, 1.165) is 16.5 Å². The third kappa shape index (κ3) is 3.30. The van der Waals surface area contributed by atoms with Gasteiger partial charge in [-0.3, -0.25) is 9.78 Å². The number of fused-ring (bicyclic) bond motifs is 1. The van der Waals surface area contributed by atoms with Gasteiger partial charge < -0.3 is 15.7 Å². The quantitative estimate of drug-likeness (QED) is 0.707. The maximum absolute atomic E-state index is 11.5. The van der Waals surface area contributed by atoms with E-state index in [4.69, 9.17) is 5.73 Å². The Kier molecular flexibility index (Phi) is 4.21. The van der Waals surface area contributed by atoms with Crippen LogP contribution in [0, 0.1) is 0 Å². The van der Waals surface area contributed by atoms with Gasteiger partial charge in [-0.2, -0.15) is 0 Å². The first kappa shape index (κ1) is 15.0. The van der Waals surface area contributed by atoms with Crippen molar-refractivity contribution in [2.45, 2.75) is 12.8 Å². The normalized spacial score (nSPS) is 12.0.